The summed E-state index contributed by atoms with van der Waals surface area (Å²) in [5.74, 6) is 0. The molecule has 0 fully saturated rings. The second-order valence-corrected chi connectivity index (χ2v) is 10.1. The molecule has 0 spiro atoms. The van der Waals surface area contributed by atoms with Gasteiger partial charge in [-0.05, 0) is 78.1 Å². The maximum absolute atomic E-state index is 9.58. The Balaban J connectivity index is 1.55. The van der Waals surface area contributed by atoms with E-state index in [1.165, 1.54) is 0 Å². The Morgan fingerprint density at radius 2 is 0.756 bits per heavy atom. The summed E-state index contributed by atoms with van der Waals surface area (Å²) in [5.41, 5.74) is -2.60. The van der Waals surface area contributed by atoms with E-state index in [9.17, 15) is 2.74 Å². The van der Waals surface area contributed by atoms with Crippen LogP contribution >= 0.6 is 0 Å². The van der Waals surface area contributed by atoms with Crippen molar-refractivity contribution in [2.75, 3.05) is 0 Å². The highest BCUT2D eigenvalue weighted by molar-refractivity contribution is 6.27. The van der Waals surface area contributed by atoms with Crippen LogP contribution in [0.4, 0.5) is 0 Å². The molecule has 0 aliphatic heterocycles. The van der Waals surface area contributed by atoms with Gasteiger partial charge in [0.1, 0.15) is 11.2 Å². The summed E-state index contributed by atoms with van der Waals surface area (Å²) in [6.07, 6.45) is 0. The predicted octanol–water partition coefficient (Wildman–Crippen LogP) is 12.6. The highest BCUT2D eigenvalue weighted by Gasteiger charge is 2.22. The third-order valence-electron chi connectivity index (χ3n) is 7.75. The van der Waals surface area contributed by atoms with Gasteiger partial charge < -0.3 is 4.42 Å². The molecule has 1 nitrogen and oxygen atoms in total. The molecule has 45 heavy (non-hydrogen) atoms. The fourth-order valence-electron chi connectivity index (χ4n) is 5.99. The van der Waals surface area contributed by atoms with Crippen molar-refractivity contribution in [2.24, 2.45) is 0 Å². The second kappa shape index (κ2) is 10.4. The zero-order valence-corrected chi connectivity index (χ0v) is 23.0. The minimum absolute atomic E-state index is 0.121. The van der Waals surface area contributed by atoms with E-state index in [-0.39, 0.29) is 65.7 Å². The van der Waals surface area contributed by atoms with Gasteiger partial charge in [0.15, 0.2) is 0 Å². The third-order valence-corrected chi connectivity index (χ3v) is 7.75. The Morgan fingerprint density at radius 3 is 1.31 bits per heavy atom. The van der Waals surface area contributed by atoms with Crippen LogP contribution < -0.4 is 0 Å². The minimum Gasteiger partial charge on any atom is -0.456 e. The van der Waals surface area contributed by atoms with Crippen molar-refractivity contribution < 1.29 is 31.8 Å². The summed E-state index contributed by atoms with van der Waals surface area (Å²) in [4.78, 5) is 0. The number of benzene rings is 8. The lowest BCUT2D eigenvalue weighted by atomic mass is 9.83. The highest BCUT2D eigenvalue weighted by Crippen LogP contribution is 2.49. The molecule has 9 aromatic rings. The van der Waals surface area contributed by atoms with Crippen molar-refractivity contribution >= 4 is 43.5 Å². The first-order chi connectivity index (χ1) is 30.7. The van der Waals surface area contributed by atoms with Crippen LogP contribution in [0, 0.1) is 0 Å². The molecule has 0 bridgehead atoms. The van der Waals surface area contributed by atoms with Gasteiger partial charge in [-0.1, -0.05) is 157 Å². The number of hydrogen-bond donors (Lipinski definition) is 0. The summed E-state index contributed by atoms with van der Waals surface area (Å²) in [6.45, 7) is 0. The first-order valence-electron chi connectivity index (χ1n) is 23.8. The Kier molecular flexibility index (Phi) is 2.90. The van der Waals surface area contributed by atoms with E-state index in [2.05, 4.69) is 0 Å². The number of hydrogen-bond acceptors (Lipinski definition) is 1. The lowest BCUT2D eigenvalue weighted by molar-refractivity contribution is 0.669. The van der Waals surface area contributed by atoms with Crippen molar-refractivity contribution in [1.29, 1.82) is 0 Å². The average Bonchev–Trinajstić information content (AvgIpc) is 3.69. The SMILES string of the molecule is [2H]c1c([2H])c([2H])c(-c2c([2H])c([2H])c([2H])c([2H])c2-c2c3ccccc3c(-c3c([2H])c([2H])c([2H])c4oc5c([2H])c([2H])c([2H])c(-c6c([2H])c([2H])c([2H])c([2H])c6[2H])c5c34)c3ccccc23)c([2H])c1[2H]. The van der Waals surface area contributed by atoms with Gasteiger partial charge in [-0.2, -0.15) is 0 Å². The smallest absolute Gasteiger partial charge is 0.136 e. The van der Waals surface area contributed by atoms with Crippen molar-refractivity contribution in [3.8, 4) is 44.5 Å². The summed E-state index contributed by atoms with van der Waals surface area (Å²) in [7, 11) is 0. The third kappa shape index (κ3) is 4.02. The van der Waals surface area contributed by atoms with Gasteiger partial charge in [0.05, 0.1) is 27.4 Å². The molecular formula is C44H28O. The van der Waals surface area contributed by atoms with Gasteiger partial charge >= 0.3 is 0 Å². The molecule has 0 amide bonds. The largest absolute Gasteiger partial charge is 0.456 e. The first-order valence-corrected chi connectivity index (χ1v) is 13.8. The molecule has 0 atom stereocenters. The molecule has 0 aliphatic rings. The van der Waals surface area contributed by atoms with Crippen molar-refractivity contribution in [1.82, 2.24) is 0 Å². The second-order valence-electron chi connectivity index (χ2n) is 10.1. The minimum atomic E-state index is -0.756. The van der Waals surface area contributed by atoms with Gasteiger partial charge in [-0.3, -0.25) is 0 Å². The molecule has 0 radical (unpaired) electrons. The maximum atomic E-state index is 9.58. The van der Waals surface area contributed by atoms with Gasteiger partial charge in [0.25, 0.3) is 0 Å². The Labute approximate surface area is 289 Å². The van der Waals surface area contributed by atoms with E-state index >= 15 is 0 Å². The quantitative estimate of drug-likeness (QED) is 0.185. The molecule has 0 saturated carbocycles. The van der Waals surface area contributed by atoms with Crippen LogP contribution in [0.15, 0.2) is 174 Å². The van der Waals surface area contributed by atoms with Gasteiger partial charge in [-0.15, -0.1) is 0 Å². The zero-order chi connectivity index (χ0) is 47.1. The molecule has 8 aromatic carbocycles. The van der Waals surface area contributed by atoms with Crippen molar-refractivity contribution in [2.45, 2.75) is 0 Å². The molecule has 9 rings (SSSR count). The molecular weight excluding hydrogens is 544 g/mol. The van der Waals surface area contributed by atoms with Crippen molar-refractivity contribution in [3.63, 3.8) is 0 Å². The normalized spacial score (nSPS) is 17.8. The Morgan fingerprint density at radius 1 is 0.356 bits per heavy atom. The van der Waals surface area contributed by atoms with Crippen LogP contribution in [0.1, 0.15) is 27.4 Å². The van der Waals surface area contributed by atoms with Crippen LogP contribution in [0.5, 0.6) is 0 Å². The molecule has 1 heteroatoms. The summed E-state index contributed by atoms with van der Waals surface area (Å²) in [6, 6.07) is -1.01. The lowest BCUT2D eigenvalue weighted by Crippen LogP contribution is -1.93. The number of furan rings is 1. The van der Waals surface area contributed by atoms with E-state index in [0.717, 1.165) is 0 Å². The Hall–Kier alpha value is -5.92. The van der Waals surface area contributed by atoms with Gasteiger partial charge in [0, 0.05) is 10.8 Å². The predicted molar refractivity (Wildman–Crippen MR) is 190 cm³/mol. The maximum Gasteiger partial charge on any atom is 0.136 e. The van der Waals surface area contributed by atoms with Gasteiger partial charge in [0.2, 0.25) is 0 Å². The van der Waals surface area contributed by atoms with E-state index in [4.69, 9.17) is 29.1 Å². The van der Waals surface area contributed by atoms with Crippen LogP contribution in [-0.4, -0.2) is 0 Å². The van der Waals surface area contributed by atoms with Crippen LogP contribution in [-0.2, 0) is 0 Å². The molecule has 1 aromatic heterocycles. The molecule has 0 aliphatic carbocycles. The van der Waals surface area contributed by atoms with Crippen LogP contribution in [0.2, 0.25) is 0 Å². The summed E-state index contributed by atoms with van der Waals surface area (Å²) >= 11 is 0. The van der Waals surface area contributed by atoms with E-state index in [1.807, 2.05) is 0 Å². The standard InChI is InChI=1S/C44H28O/c1-3-15-29(16-4-1)31-19-7-8-20-33(31)41-34-21-9-11-23-36(34)42(37-24-12-10-22-35(37)41)38-26-14-28-40-44(38)43-32(25-13-27-39(43)45-40)30-17-5-2-6-18-30/h1-28H/i1D,2D,3D,4D,5D,6D,7D,8D,13D,14D,15D,16D,17D,18D,19D,20D,25D,26D,27D,28D. The summed E-state index contributed by atoms with van der Waals surface area (Å²) < 4.78 is 182. The average molecular weight is 593 g/mol. The molecule has 1 heterocycles. The Bertz CT molecular complexity index is 3550. The zero-order valence-electron chi connectivity index (χ0n) is 43.0. The number of fused-ring (bicyclic) bond motifs is 5. The van der Waals surface area contributed by atoms with Crippen molar-refractivity contribution in [3.05, 3.63) is 169 Å². The lowest BCUT2D eigenvalue weighted by Gasteiger charge is -2.20. The van der Waals surface area contributed by atoms with E-state index < -0.39 is 143 Å². The molecule has 0 unspecified atom stereocenters. The van der Waals surface area contributed by atoms with Crippen LogP contribution in [0.25, 0.3) is 88.0 Å². The fourth-order valence-corrected chi connectivity index (χ4v) is 5.99. The summed E-state index contributed by atoms with van der Waals surface area (Å²) in [5, 5.41) is 0.645. The molecule has 210 valence electrons. The topological polar surface area (TPSA) is 13.1 Å². The molecule has 0 saturated heterocycles. The fraction of sp³-hybridized carbons (Fsp3) is 0. The van der Waals surface area contributed by atoms with E-state index in [0.29, 0.717) is 0 Å². The molecule has 0 N–H and O–H groups in total. The number of rotatable bonds is 4. The van der Waals surface area contributed by atoms with Gasteiger partial charge in [-0.25, -0.2) is 0 Å². The van der Waals surface area contributed by atoms with E-state index in [1.54, 1.807) is 48.5 Å². The monoisotopic (exact) mass is 592 g/mol. The highest BCUT2D eigenvalue weighted by atomic mass is 16.3. The van der Waals surface area contributed by atoms with Crippen LogP contribution in [0.3, 0.4) is 0 Å². The first kappa shape index (κ1) is 12.6.